The van der Waals surface area contributed by atoms with Gasteiger partial charge in [-0.3, -0.25) is 4.79 Å². The topological polar surface area (TPSA) is 102 Å². The molecule has 1 aromatic heterocycles. The monoisotopic (exact) mass is 580 g/mol. The number of rotatable bonds is 8. The Balaban J connectivity index is 1.28. The SMILES string of the molecule is Cc1cc(Nc2ncc(Cl)c(NCc3cccc4c3C(C)(C)C(=O)N4)n2)c(F)cc1C1CCN(CC(C)(C)O)CC1. The van der Waals surface area contributed by atoms with Crippen molar-refractivity contribution in [1.29, 1.82) is 0 Å². The summed E-state index contributed by atoms with van der Waals surface area (Å²) in [6.45, 7) is 12.2. The number of halogens is 2. The molecule has 1 fully saturated rings. The van der Waals surface area contributed by atoms with Crippen LogP contribution in [0.4, 0.5) is 27.5 Å². The second-order valence-electron chi connectivity index (χ2n) is 12.3. The summed E-state index contributed by atoms with van der Waals surface area (Å²) in [7, 11) is 0. The summed E-state index contributed by atoms with van der Waals surface area (Å²) in [5.41, 5.74) is 3.66. The van der Waals surface area contributed by atoms with E-state index < -0.39 is 11.0 Å². The fourth-order valence-electron chi connectivity index (χ4n) is 6.01. The zero-order valence-corrected chi connectivity index (χ0v) is 25.0. The Hall–Kier alpha value is -3.27. The third-order valence-corrected chi connectivity index (χ3v) is 8.30. The standard InChI is InChI=1S/C31H38ClFN6O2/c1-18-13-25(23(33)14-21(18)19-9-11-39(12-10-19)17-30(2,3)41)37-29-35-16-22(32)27(38-29)34-15-20-7-6-8-24-26(20)31(4,5)28(40)36-24/h6-8,13-14,16,19,41H,9-12,15,17H2,1-5H3,(H,36,40)(H2,34,35,37,38). The molecule has 0 atom stereocenters. The molecular formula is C31H38ClFN6O2. The van der Waals surface area contributed by atoms with Gasteiger partial charge in [0.1, 0.15) is 10.8 Å². The number of piperidine rings is 1. The molecule has 8 nitrogen and oxygen atoms in total. The summed E-state index contributed by atoms with van der Waals surface area (Å²) in [5.74, 6) is 0.499. The number of carbonyl (C=O) groups is 1. The van der Waals surface area contributed by atoms with Gasteiger partial charge in [-0.2, -0.15) is 4.98 Å². The largest absolute Gasteiger partial charge is 0.389 e. The highest BCUT2D eigenvalue weighted by molar-refractivity contribution is 6.32. The van der Waals surface area contributed by atoms with E-state index >= 15 is 4.39 Å². The molecule has 2 aliphatic rings. The van der Waals surface area contributed by atoms with E-state index in [1.165, 1.54) is 6.20 Å². The van der Waals surface area contributed by atoms with Crippen LogP contribution in [0.15, 0.2) is 36.5 Å². The number of anilines is 4. The van der Waals surface area contributed by atoms with E-state index in [-0.39, 0.29) is 23.6 Å². The van der Waals surface area contributed by atoms with Gasteiger partial charge < -0.3 is 26.0 Å². The summed E-state index contributed by atoms with van der Waals surface area (Å²) in [6.07, 6.45) is 3.32. The number of aryl methyl sites for hydroxylation is 1. The van der Waals surface area contributed by atoms with Crippen molar-refractivity contribution >= 4 is 40.6 Å². The summed E-state index contributed by atoms with van der Waals surface area (Å²) in [5, 5.41) is 19.7. The molecule has 0 spiro atoms. The maximum Gasteiger partial charge on any atom is 0.234 e. The number of nitrogens with zero attached hydrogens (tertiary/aromatic N) is 3. The highest BCUT2D eigenvalue weighted by atomic mass is 35.5. The van der Waals surface area contributed by atoms with Gasteiger partial charge in [0.15, 0.2) is 5.82 Å². The number of aliphatic hydroxyl groups is 1. The Morgan fingerprint density at radius 1 is 1.24 bits per heavy atom. The van der Waals surface area contributed by atoms with Gasteiger partial charge in [-0.25, -0.2) is 9.37 Å². The van der Waals surface area contributed by atoms with Gasteiger partial charge >= 0.3 is 0 Å². The quantitative estimate of drug-likeness (QED) is 0.255. The zero-order valence-electron chi connectivity index (χ0n) is 24.2. The summed E-state index contributed by atoms with van der Waals surface area (Å²) < 4.78 is 15.3. The fourth-order valence-corrected chi connectivity index (χ4v) is 6.17. The number of fused-ring (bicyclic) bond motifs is 1. The van der Waals surface area contributed by atoms with Crippen molar-refractivity contribution in [2.24, 2.45) is 0 Å². The maximum atomic E-state index is 15.3. The molecule has 1 saturated heterocycles. The highest BCUT2D eigenvalue weighted by Crippen LogP contribution is 2.40. The molecule has 5 rings (SSSR count). The number of hydrogen-bond acceptors (Lipinski definition) is 7. The Bertz CT molecular complexity index is 1460. The van der Waals surface area contributed by atoms with Crippen LogP contribution in [0.5, 0.6) is 0 Å². The minimum Gasteiger partial charge on any atom is -0.389 e. The zero-order chi connectivity index (χ0) is 29.5. The first-order valence-electron chi connectivity index (χ1n) is 14.0. The molecule has 0 unspecified atom stereocenters. The molecule has 2 aromatic carbocycles. The van der Waals surface area contributed by atoms with Crippen molar-refractivity contribution in [3.05, 3.63) is 69.6 Å². The maximum absolute atomic E-state index is 15.3. The lowest BCUT2D eigenvalue weighted by Gasteiger charge is -2.36. The molecule has 0 saturated carbocycles. The predicted molar refractivity (Wildman–Crippen MR) is 162 cm³/mol. The lowest BCUT2D eigenvalue weighted by molar-refractivity contribution is -0.119. The van der Waals surface area contributed by atoms with Crippen LogP contribution in [-0.2, 0) is 16.8 Å². The number of amides is 1. The van der Waals surface area contributed by atoms with E-state index in [1.54, 1.807) is 12.1 Å². The summed E-state index contributed by atoms with van der Waals surface area (Å²) >= 11 is 6.40. The van der Waals surface area contributed by atoms with E-state index in [0.717, 1.165) is 53.9 Å². The molecule has 10 heteroatoms. The Morgan fingerprint density at radius 2 is 1.98 bits per heavy atom. The molecule has 1 amide bonds. The van der Waals surface area contributed by atoms with Crippen molar-refractivity contribution in [3.63, 3.8) is 0 Å². The van der Waals surface area contributed by atoms with Gasteiger partial charge in [0, 0.05) is 18.8 Å². The normalized spacial score (nSPS) is 17.3. The molecular weight excluding hydrogens is 543 g/mol. The van der Waals surface area contributed by atoms with Gasteiger partial charge in [0.05, 0.1) is 22.9 Å². The average Bonchev–Trinajstić information content (AvgIpc) is 3.14. The first-order valence-corrected chi connectivity index (χ1v) is 14.4. The molecule has 4 N–H and O–H groups in total. The van der Waals surface area contributed by atoms with Crippen LogP contribution in [0.2, 0.25) is 5.02 Å². The van der Waals surface area contributed by atoms with E-state index in [4.69, 9.17) is 11.6 Å². The van der Waals surface area contributed by atoms with Gasteiger partial charge in [-0.05, 0) is 107 Å². The third-order valence-electron chi connectivity index (χ3n) is 8.02. The van der Waals surface area contributed by atoms with Gasteiger partial charge in [0.25, 0.3) is 0 Å². The van der Waals surface area contributed by atoms with Crippen molar-refractivity contribution in [3.8, 4) is 0 Å². The fraction of sp³-hybridized carbons (Fsp3) is 0.452. The molecule has 0 aliphatic carbocycles. The van der Waals surface area contributed by atoms with Crippen molar-refractivity contribution < 1.29 is 14.3 Å². The second kappa shape index (κ2) is 11.2. The number of carbonyl (C=O) groups excluding carboxylic acids is 1. The van der Waals surface area contributed by atoms with Crippen LogP contribution < -0.4 is 16.0 Å². The number of likely N-dealkylation sites (tertiary alicyclic amines) is 1. The van der Waals surface area contributed by atoms with Crippen molar-refractivity contribution in [1.82, 2.24) is 14.9 Å². The summed E-state index contributed by atoms with van der Waals surface area (Å²) in [4.78, 5) is 23.5. The van der Waals surface area contributed by atoms with E-state index in [0.29, 0.717) is 29.6 Å². The van der Waals surface area contributed by atoms with E-state index in [1.807, 2.05) is 52.8 Å². The molecule has 2 aliphatic heterocycles. The van der Waals surface area contributed by atoms with Crippen LogP contribution in [0, 0.1) is 12.7 Å². The van der Waals surface area contributed by atoms with Crippen molar-refractivity contribution in [2.45, 2.75) is 70.9 Å². The molecule has 3 heterocycles. The minimum atomic E-state index is -0.725. The predicted octanol–water partition coefficient (Wildman–Crippen LogP) is 6.11. The summed E-state index contributed by atoms with van der Waals surface area (Å²) in [6, 6.07) is 9.20. The Labute approximate surface area is 245 Å². The number of nitrogens with one attached hydrogen (secondary N) is 3. The van der Waals surface area contributed by atoms with Gasteiger partial charge in [-0.1, -0.05) is 23.7 Å². The first kappa shape index (κ1) is 29.2. The molecule has 0 radical (unpaired) electrons. The molecule has 41 heavy (non-hydrogen) atoms. The number of benzene rings is 2. The third kappa shape index (κ3) is 6.32. The first-order chi connectivity index (χ1) is 19.3. The van der Waals surface area contributed by atoms with E-state index in [2.05, 4.69) is 30.8 Å². The molecule has 3 aromatic rings. The molecule has 218 valence electrons. The minimum absolute atomic E-state index is 0.0361. The van der Waals surface area contributed by atoms with Gasteiger partial charge in [0.2, 0.25) is 11.9 Å². The van der Waals surface area contributed by atoms with Crippen molar-refractivity contribution in [2.75, 3.05) is 35.6 Å². The van der Waals surface area contributed by atoms with Crippen LogP contribution in [0.25, 0.3) is 0 Å². The number of aromatic nitrogens is 2. The molecule has 0 bridgehead atoms. The Morgan fingerprint density at radius 3 is 2.68 bits per heavy atom. The van der Waals surface area contributed by atoms with Gasteiger partial charge in [-0.15, -0.1) is 0 Å². The van der Waals surface area contributed by atoms with Crippen LogP contribution in [-0.4, -0.2) is 51.1 Å². The van der Waals surface area contributed by atoms with Crippen LogP contribution in [0.3, 0.4) is 0 Å². The lowest BCUT2D eigenvalue weighted by Crippen LogP contribution is -2.42. The average molecular weight is 581 g/mol. The van der Waals surface area contributed by atoms with E-state index in [9.17, 15) is 9.90 Å². The number of hydrogen-bond donors (Lipinski definition) is 4. The smallest absolute Gasteiger partial charge is 0.234 e. The highest BCUT2D eigenvalue weighted by Gasteiger charge is 2.40. The van der Waals surface area contributed by atoms with Crippen LogP contribution >= 0.6 is 11.6 Å². The number of β-amino-alcohol motifs (C(OH)–C–C–N with tert-alkyl or cyclic N) is 1. The van der Waals surface area contributed by atoms with Crippen LogP contribution in [0.1, 0.15) is 68.7 Å². The lowest BCUT2D eigenvalue weighted by atomic mass is 9.83. The second-order valence-corrected chi connectivity index (χ2v) is 12.7. The Kier molecular flexibility index (Phi) is 7.98.